The van der Waals surface area contributed by atoms with Crippen molar-refractivity contribution >= 4 is 11.9 Å². The van der Waals surface area contributed by atoms with E-state index in [1.807, 2.05) is 0 Å². The van der Waals surface area contributed by atoms with Crippen LogP contribution in [0.4, 0.5) is 0 Å². The molecule has 1 aromatic heterocycles. The number of nitrogens with one attached hydrogen (secondary N) is 1. The molecule has 1 saturated carbocycles. The van der Waals surface area contributed by atoms with Gasteiger partial charge in [0.25, 0.3) is 5.91 Å². The van der Waals surface area contributed by atoms with Gasteiger partial charge in [0, 0.05) is 12.2 Å². The van der Waals surface area contributed by atoms with Crippen LogP contribution in [0, 0.1) is 0 Å². The summed E-state index contributed by atoms with van der Waals surface area (Å²) < 4.78 is 0. The number of aromatic carboxylic acids is 1. The van der Waals surface area contributed by atoms with Crippen molar-refractivity contribution < 1.29 is 14.7 Å². The van der Waals surface area contributed by atoms with Crippen LogP contribution in [0.3, 0.4) is 0 Å². The maximum Gasteiger partial charge on any atom is 0.354 e. The summed E-state index contributed by atoms with van der Waals surface area (Å²) >= 11 is 0. The lowest BCUT2D eigenvalue weighted by Crippen LogP contribution is -2.27. The monoisotopic (exact) mass is 207 g/mol. The Morgan fingerprint density at radius 1 is 1.47 bits per heavy atom. The van der Waals surface area contributed by atoms with Gasteiger partial charge < -0.3 is 10.4 Å². The molecule has 78 valence electrons. The number of nitrogens with zero attached hydrogens (tertiary/aromatic N) is 2. The molecule has 2 rings (SSSR count). The maximum atomic E-state index is 11.4. The van der Waals surface area contributed by atoms with Gasteiger partial charge >= 0.3 is 5.97 Å². The first-order valence-electron chi connectivity index (χ1n) is 4.54. The largest absolute Gasteiger partial charge is 0.477 e. The van der Waals surface area contributed by atoms with Gasteiger partial charge in [-0.25, -0.2) is 14.8 Å². The molecule has 1 aromatic rings. The van der Waals surface area contributed by atoms with E-state index in [4.69, 9.17) is 5.11 Å². The minimum atomic E-state index is -1.17. The van der Waals surface area contributed by atoms with Crippen LogP contribution in [0.5, 0.6) is 0 Å². The second-order valence-corrected chi connectivity index (χ2v) is 3.32. The van der Waals surface area contributed by atoms with E-state index in [9.17, 15) is 9.59 Å². The third kappa shape index (κ3) is 2.28. The quantitative estimate of drug-likeness (QED) is 0.731. The van der Waals surface area contributed by atoms with Gasteiger partial charge in [-0.1, -0.05) is 0 Å². The van der Waals surface area contributed by atoms with Gasteiger partial charge in [0.1, 0.15) is 0 Å². The summed E-state index contributed by atoms with van der Waals surface area (Å²) in [5.74, 6) is -1.68. The molecule has 0 aromatic carbocycles. The molecule has 1 aliphatic carbocycles. The Morgan fingerprint density at radius 2 is 2.20 bits per heavy atom. The number of carbonyl (C=O) groups is 2. The van der Waals surface area contributed by atoms with Gasteiger partial charge in [0.15, 0.2) is 5.69 Å². The van der Waals surface area contributed by atoms with E-state index in [0.29, 0.717) is 0 Å². The van der Waals surface area contributed by atoms with E-state index in [2.05, 4.69) is 15.3 Å². The minimum absolute atomic E-state index is 0.0956. The zero-order chi connectivity index (χ0) is 10.8. The Balaban J connectivity index is 2.15. The number of hydrogen-bond donors (Lipinski definition) is 2. The highest BCUT2D eigenvalue weighted by atomic mass is 16.4. The Kier molecular flexibility index (Phi) is 2.32. The van der Waals surface area contributed by atoms with Crippen molar-refractivity contribution in [3.8, 4) is 0 Å². The first-order valence-corrected chi connectivity index (χ1v) is 4.54. The number of carbonyl (C=O) groups excluding carboxylic acids is 1. The van der Waals surface area contributed by atoms with E-state index >= 15 is 0 Å². The van der Waals surface area contributed by atoms with Gasteiger partial charge in [-0.15, -0.1) is 0 Å². The van der Waals surface area contributed by atoms with Gasteiger partial charge in [-0.05, 0) is 18.9 Å². The van der Waals surface area contributed by atoms with Crippen LogP contribution in [0.25, 0.3) is 0 Å². The summed E-state index contributed by atoms with van der Waals surface area (Å²) in [5.41, 5.74) is -0.175. The highest BCUT2D eigenvalue weighted by Gasteiger charge is 2.25. The molecule has 0 bridgehead atoms. The average molecular weight is 207 g/mol. The first-order chi connectivity index (χ1) is 7.16. The molecule has 1 heterocycles. The van der Waals surface area contributed by atoms with E-state index in [-0.39, 0.29) is 17.6 Å². The highest BCUT2D eigenvalue weighted by molar-refractivity contribution is 5.92. The summed E-state index contributed by atoms with van der Waals surface area (Å²) in [7, 11) is 0. The van der Waals surface area contributed by atoms with E-state index in [1.165, 1.54) is 12.3 Å². The molecule has 6 nitrogen and oxygen atoms in total. The molecular weight excluding hydrogens is 198 g/mol. The van der Waals surface area contributed by atoms with Crippen LogP contribution in [0.1, 0.15) is 33.9 Å². The standard InChI is InChI=1S/C9H9N3O3/c13-8(11-5-1-2-5)7-10-4-3-6(12-7)9(14)15/h3-5H,1-2H2,(H,11,13)(H,14,15). The molecule has 6 heteroatoms. The maximum absolute atomic E-state index is 11.4. The number of rotatable bonds is 3. The molecule has 2 N–H and O–H groups in total. The molecular formula is C9H9N3O3. The van der Waals surface area contributed by atoms with Crippen molar-refractivity contribution in [2.75, 3.05) is 0 Å². The van der Waals surface area contributed by atoms with Gasteiger partial charge in [0.2, 0.25) is 5.82 Å². The van der Waals surface area contributed by atoms with Gasteiger partial charge in [0.05, 0.1) is 0 Å². The molecule has 15 heavy (non-hydrogen) atoms. The van der Waals surface area contributed by atoms with Crippen molar-refractivity contribution in [2.45, 2.75) is 18.9 Å². The Morgan fingerprint density at radius 3 is 2.80 bits per heavy atom. The molecule has 1 aliphatic rings. The number of amides is 1. The molecule has 0 radical (unpaired) electrons. The number of carboxylic acid groups (broad SMARTS) is 1. The van der Waals surface area contributed by atoms with Crippen molar-refractivity contribution in [1.82, 2.24) is 15.3 Å². The Hall–Kier alpha value is -1.98. The predicted molar refractivity (Wildman–Crippen MR) is 49.5 cm³/mol. The van der Waals surface area contributed by atoms with Crippen LogP contribution < -0.4 is 5.32 Å². The fraction of sp³-hybridized carbons (Fsp3) is 0.333. The fourth-order valence-corrected chi connectivity index (χ4v) is 1.06. The van der Waals surface area contributed by atoms with Gasteiger partial charge in [-0.2, -0.15) is 0 Å². The number of carboxylic acids is 1. The minimum Gasteiger partial charge on any atom is -0.477 e. The molecule has 0 atom stereocenters. The lowest BCUT2D eigenvalue weighted by Gasteiger charge is -2.01. The van der Waals surface area contributed by atoms with E-state index < -0.39 is 11.9 Å². The summed E-state index contributed by atoms with van der Waals surface area (Å²) in [6.07, 6.45) is 3.19. The highest BCUT2D eigenvalue weighted by Crippen LogP contribution is 2.18. The lowest BCUT2D eigenvalue weighted by molar-refractivity contribution is 0.0690. The van der Waals surface area contributed by atoms with E-state index in [0.717, 1.165) is 12.8 Å². The third-order valence-corrected chi connectivity index (χ3v) is 1.99. The SMILES string of the molecule is O=C(O)c1ccnc(C(=O)NC2CC2)n1. The average Bonchev–Trinajstić information content (AvgIpc) is 3.02. The zero-order valence-electron chi connectivity index (χ0n) is 7.80. The molecule has 1 amide bonds. The van der Waals surface area contributed by atoms with Crippen molar-refractivity contribution in [3.63, 3.8) is 0 Å². The summed E-state index contributed by atoms with van der Waals surface area (Å²) in [5, 5.41) is 11.3. The lowest BCUT2D eigenvalue weighted by atomic mass is 10.4. The number of hydrogen-bond acceptors (Lipinski definition) is 4. The predicted octanol–water partition coefficient (Wildman–Crippen LogP) is 0.0670. The van der Waals surface area contributed by atoms with E-state index in [1.54, 1.807) is 0 Å². The van der Waals surface area contributed by atoms with Crippen molar-refractivity contribution in [3.05, 3.63) is 23.8 Å². The second kappa shape index (κ2) is 3.64. The first kappa shape index (κ1) is 9.57. The molecule has 0 unspecified atom stereocenters. The number of aromatic nitrogens is 2. The van der Waals surface area contributed by atoms with Crippen molar-refractivity contribution in [1.29, 1.82) is 0 Å². The van der Waals surface area contributed by atoms with Crippen LogP contribution in [0.2, 0.25) is 0 Å². The van der Waals surface area contributed by atoms with Crippen LogP contribution in [-0.2, 0) is 0 Å². The third-order valence-electron chi connectivity index (χ3n) is 1.99. The second-order valence-electron chi connectivity index (χ2n) is 3.32. The summed E-state index contributed by atoms with van der Waals surface area (Å²) in [6, 6.07) is 1.45. The van der Waals surface area contributed by atoms with Gasteiger partial charge in [-0.3, -0.25) is 4.79 Å². The Labute approximate surface area is 85.4 Å². The van der Waals surface area contributed by atoms with Crippen LogP contribution in [-0.4, -0.2) is 33.0 Å². The normalized spacial score (nSPS) is 14.7. The summed E-state index contributed by atoms with van der Waals surface area (Å²) in [6.45, 7) is 0. The fourth-order valence-electron chi connectivity index (χ4n) is 1.06. The zero-order valence-corrected chi connectivity index (χ0v) is 7.80. The molecule has 1 fully saturated rings. The molecule has 0 aliphatic heterocycles. The van der Waals surface area contributed by atoms with Crippen LogP contribution >= 0.6 is 0 Å². The summed E-state index contributed by atoms with van der Waals surface area (Å²) in [4.78, 5) is 29.4. The molecule has 0 spiro atoms. The van der Waals surface area contributed by atoms with Crippen LogP contribution in [0.15, 0.2) is 12.3 Å². The smallest absolute Gasteiger partial charge is 0.354 e. The van der Waals surface area contributed by atoms with Crippen molar-refractivity contribution in [2.24, 2.45) is 0 Å². The Bertz CT molecular complexity index is 415. The molecule has 0 saturated heterocycles. The topological polar surface area (TPSA) is 92.2 Å².